The molecule has 0 aliphatic carbocycles. The number of rotatable bonds is 4. The number of amides is 2. The molecular weight excluding hydrogens is 404 g/mol. The number of hydrogen-bond donors (Lipinski definition) is 2. The molecule has 3 aliphatic heterocycles. The van der Waals surface area contributed by atoms with E-state index in [1.165, 1.54) is 0 Å². The Morgan fingerprint density at radius 3 is 2.31 bits per heavy atom. The van der Waals surface area contributed by atoms with Gasteiger partial charge in [-0.1, -0.05) is 0 Å². The zero-order chi connectivity index (χ0) is 22.1. The average Bonchev–Trinajstić information content (AvgIpc) is 3.12. The molecule has 1 aromatic heterocycles. The Kier molecular flexibility index (Phi) is 5.41. The highest BCUT2D eigenvalue weighted by molar-refractivity contribution is 6.04. The fraction of sp³-hybridized carbons (Fsp3) is 0.280. The van der Waals surface area contributed by atoms with Crippen molar-refractivity contribution in [1.29, 1.82) is 0 Å². The van der Waals surface area contributed by atoms with Gasteiger partial charge in [0, 0.05) is 54.7 Å². The lowest BCUT2D eigenvalue weighted by atomic mass is 10.1. The van der Waals surface area contributed by atoms with Crippen molar-refractivity contribution in [3.05, 3.63) is 72.0 Å². The molecule has 3 fully saturated rings. The maximum absolute atomic E-state index is 13.1. The van der Waals surface area contributed by atoms with Crippen LogP contribution in [0.25, 0.3) is 11.3 Å². The SMILES string of the molecule is Nc1ccc(C(=O)Nc2ccc(-c3ccc(C(=O)N4CCN5CCC4CC5)o3)cc2)cc1. The van der Waals surface area contributed by atoms with Gasteiger partial charge < -0.3 is 25.3 Å². The molecule has 0 unspecified atom stereocenters. The minimum Gasteiger partial charge on any atom is -0.451 e. The number of anilines is 2. The Bertz CT molecular complexity index is 1110. The van der Waals surface area contributed by atoms with Crippen LogP contribution < -0.4 is 11.1 Å². The first-order valence-corrected chi connectivity index (χ1v) is 11.0. The summed E-state index contributed by atoms with van der Waals surface area (Å²) in [7, 11) is 0. The molecule has 2 amide bonds. The molecule has 3 N–H and O–H groups in total. The van der Waals surface area contributed by atoms with Crippen LogP contribution in [0.3, 0.4) is 0 Å². The van der Waals surface area contributed by atoms with Gasteiger partial charge in [0.25, 0.3) is 11.8 Å². The van der Waals surface area contributed by atoms with Crippen LogP contribution in [0.5, 0.6) is 0 Å². The molecule has 7 nitrogen and oxygen atoms in total. The van der Waals surface area contributed by atoms with E-state index in [9.17, 15) is 9.59 Å². The summed E-state index contributed by atoms with van der Waals surface area (Å²) in [6, 6.07) is 18.0. The first-order valence-electron chi connectivity index (χ1n) is 11.0. The Hall–Kier alpha value is -3.58. The minimum absolute atomic E-state index is 0.0302. The summed E-state index contributed by atoms with van der Waals surface area (Å²) in [4.78, 5) is 29.8. The molecule has 164 valence electrons. The lowest BCUT2D eigenvalue weighted by Gasteiger charge is -2.30. The van der Waals surface area contributed by atoms with E-state index in [4.69, 9.17) is 10.2 Å². The highest BCUT2D eigenvalue weighted by Gasteiger charge is 2.33. The van der Waals surface area contributed by atoms with Gasteiger partial charge >= 0.3 is 0 Å². The van der Waals surface area contributed by atoms with Crippen LogP contribution in [0.2, 0.25) is 0 Å². The van der Waals surface area contributed by atoms with Gasteiger partial charge in [0.15, 0.2) is 5.76 Å². The molecule has 3 aromatic rings. The van der Waals surface area contributed by atoms with Crippen LogP contribution in [0, 0.1) is 0 Å². The summed E-state index contributed by atoms with van der Waals surface area (Å²) in [5, 5.41) is 2.87. The van der Waals surface area contributed by atoms with Crippen LogP contribution >= 0.6 is 0 Å². The van der Waals surface area contributed by atoms with Crippen molar-refractivity contribution >= 4 is 23.2 Å². The number of nitrogens with one attached hydrogen (secondary N) is 1. The minimum atomic E-state index is -0.202. The van der Waals surface area contributed by atoms with E-state index < -0.39 is 0 Å². The predicted molar refractivity (Wildman–Crippen MR) is 123 cm³/mol. The molecule has 2 aromatic carbocycles. The summed E-state index contributed by atoms with van der Waals surface area (Å²) < 4.78 is 5.93. The number of nitrogens with zero attached hydrogens (tertiary/aromatic N) is 2. The Morgan fingerprint density at radius 2 is 1.59 bits per heavy atom. The van der Waals surface area contributed by atoms with Crippen LogP contribution in [-0.2, 0) is 0 Å². The van der Waals surface area contributed by atoms with E-state index in [-0.39, 0.29) is 11.8 Å². The van der Waals surface area contributed by atoms with Gasteiger partial charge in [-0.05, 0) is 73.5 Å². The number of furan rings is 1. The zero-order valence-electron chi connectivity index (χ0n) is 17.8. The molecule has 7 heteroatoms. The standard InChI is InChI=1S/C25H26N4O3/c26-19-5-1-18(2-6-19)24(30)27-20-7-3-17(4-8-20)22-9-10-23(32-22)25(31)29-16-15-28-13-11-21(29)12-14-28/h1-10,21H,11-16,26H2,(H,27,30). The summed E-state index contributed by atoms with van der Waals surface area (Å²) in [6.45, 7) is 3.82. The second-order valence-corrected chi connectivity index (χ2v) is 8.39. The van der Waals surface area contributed by atoms with E-state index in [0.29, 0.717) is 34.5 Å². The quantitative estimate of drug-likeness (QED) is 0.616. The first-order chi connectivity index (χ1) is 15.6. The van der Waals surface area contributed by atoms with Gasteiger partial charge in [-0.2, -0.15) is 0 Å². The number of hydrogen-bond acceptors (Lipinski definition) is 5. The largest absolute Gasteiger partial charge is 0.451 e. The molecule has 4 heterocycles. The number of nitrogen functional groups attached to an aromatic ring is 1. The van der Waals surface area contributed by atoms with E-state index >= 15 is 0 Å². The molecule has 3 saturated heterocycles. The topological polar surface area (TPSA) is 91.8 Å². The van der Waals surface area contributed by atoms with E-state index in [1.807, 2.05) is 35.2 Å². The summed E-state index contributed by atoms with van der Waals surface area (Å²) in [6.07, 6.45) is 2.06. The van der Waals surface area contributed by atoms with Gasteiger partial charge in [-0.3, -0.25) is 9.59 Å². The van der Waals surface area contributed by atoms with Gasteiger partial charge in [-0.25, -0.2) is 0 Å². The zero-order valence-corrected chi connectivity index (χ0v) is 17.8. The average molecular weight is 431 g/mol. The summed E-state index contributed by atoms with van der Waals surface area (Å²) >= 11 is 0. The maximum Gasteiger partial charge on any atom is 0.289 e. The molecule has 32 heavy (non-hydrogen) atoms. The number of carbonyl (C=O) groups is 2. The van der Waals surface area contributed by atoms with E-state index in [1.54, 1.807) is 30.3 Å². The summed E-state index contributed by atoms with van der Waals surface area (Å²) in [5.41, 5.74) is 8.34. The van der Waals surface area contributed by atoms with Crippen molar-refractivity contribution in [2.75, 3.05) is 37.2 Å². The number of piperidine rings is 1. The van der Waals surface area contributed by atoms with Crippen molar-refractivity contribution in [1.82, 2.24) is 9.80 Å². The number of carbonyl (C=O) groups excluding carboxylic acids is 2. The normalized spacial score (nSPS) is 20.1. The van der Waals surface area contributed by atoms with Crippen LogP contribution in [-0.4, -0.2) is 53.8 Å². The monoisotopic (exact) mass is 430 g/mol. The highest BCUT2D eigenvalue weighted by atomic mass is 16.4. The molecule has 2 bridgehead atoms. The van der Waals surface area contributed by atoms with Crippen LogP contribution in [0.15, 0.2) is 65.1 Å². The van der Waals surface area contributed by atoms with Gasteiger partial charge in [0.2, 0.25) is 0 Å². The fourth-order valence-electron chi connectivity index (χ4n) is 4.46. The number of fused-ring (bicyclic) bond motifs is 4. The third kappa shape index (κ3) is 4.11. The van der Waals surface area contributed by atoms with Crippen molar-refractivity contribution in [2.24, 2.45) is 0 Å². The maximum atomic E-state index is 13.1. The number of benzene rings is 2. The Labute approximate surface area is 186 Å². The van der Waals surface area contributed by atoms with Crippen molar-refractivity contribution in [3.63, 3.8) is 0 Å². The Morgan fingerprint density at radius 1 is 0.875 bits per heavy atom. The second kappa shape index (κ2) is 8.51. The van der Waals surface area contributed by atoms with Crippen LogP contribution in [0.4, 0.5) is 11.4 Å². The molecule has 0 radical (unpaired) electrons. The molecule has 6 rings (SSSR count). The van der Waals surface area contributed by atoms with Crippen LogP contribution in [0.1, 0.15) is 33.8 Å². The summed E-state index contributed by atoms with van der Waals surface area (Å²) in [5.74, 6) is 0.776. The highest BCUT2D eigenvalue weighted by Crippen LogP contribution is 2.27. The van der Waals surface area contributed by atoms with Crippen molar-refractivity contribution in [3.8, 4) is 11.3 Å². The van der Waals surface area contributed by atoms with Crippen molar-refractivity contribution in [2.45, 2.75) is 18.9 Å². The van der Waals surface area contributed by atoms with Crippen molar-refractivity contribution < 1.29 is 14.0 Å². The lowest BCUT2D eigenvalue weighted by molar-refractivity contribution is 0.0653. The third-order valence-electron chi connectivity index (χ3n) is 6.33. The smallest absolute Gasteiger partial charge is 0.289 e. The first kappa shape index (κ1) is 20.3. The Balaban J connectivity index is 1.26. The van der Waals surface area contributed by atoms with Gasteiger partial charge in [-0.15, -0.1) is 0 Å². The van der Waals surface area contributed by atoms with E-state index in [2.05, 4.69) is 10.2 Å². The fourth-order valence-corrected chi connectivity index (χ4v) is 4.46. The molecule has 3 aliphatic rings. The molecule has 0 saturated carbocycles. The second-order valence-electron chi connectivity index (χ2n) is 8.39. The molecule has 0 atom stereocenters. The van der Waals surface area contributed by atoms with Gasteiger partial charge in [0.05, 0.1) is 0 Å². The number of nitrogens with two attached hydrogens (primary N) is 1. The molecular formula is C25H26N4O3. The molecule has 0 spiro atoms. The lowest BCUT2D eigenvalue weighted by Crippen LogP contribution is -2.41. The third-order valence-corrected chi connectivity index (χ3v) is 6.33. The predicted octanol–water partition coefficient (Wildman–Crippen LogP) is 3.70. The van der Waals surface area contributed by atoms with E-state index in [0.717, 1.165) is 44.6 Å². The van der Waals surface area contributed by atoms with Gasteiger partial charge in [0.1, 0.15) is 5.76 Å².